The van der Waals surface area contributed by atoms with Gasteiger partial charge in [-0.25, -0.2) is 14.1 Å². The number of carbonyl (C=O) groups is 1. The summed E-state index contributed by atoms with van der Waals surface area (Å²) in [6, 6.07) is 12.7. The molecule has 2 aromatic carbocycles. The summed E-state index contributed by atoms with van der Waals surface area (Å²) in [4.78, 5) is 32.1. The number of fused-ring (bicyclic) bond motifs is 1. The van der Waals surface area contributed by atoms with Gasteiger partial charge >= 0.3 is 0 Å². The maximum absolute atomic E-state index is 13.2. The van der Waals surface area contributed by atoms with E-state index in [0.717, 1.165) is 0 Å². The number of halogens is 1. The number of aliphatic hydroxyl groups is 1. The maximum atomic E-state index is 13.2. The van der Waals surface area contributed by atoms with Crippen molar-refractivity contribution in [2.75, 3.05) is 33.4 Å². The van der Waals surface area contributed by atoms with Crippen LogP contribution in [-0.2, 0) is 11.3 Å². The van der Waals surface area contributed by atoms with Crippen LogP contribution in [0.1, 0.15) is 23.2 Å². The van der Waals surface area contributed by atoms with E-state index in [1.165, 1.54) is 41.4 Å². The second-order valence-corrected chi connectivity index (χ2v) is 9.33. The van der Waals surface area contributed by atoms with E-state index in [-0.39, 0.29) is 18.0 Å². The first-order valence-electron chi connectivity index (χ1n) is 12.3. The fraction of sp³-hybridized carbons (Fsp3) is 0.333. The number of ether oxygens (including phenoxy) is 2. The van der Waals surface area contributed by atoms with Crippen LogP contribution in [0.4, 0.5) is 4.39 Å². The molecule has 3 heterocycles. The highest BCUT2D eigenvalue weighted by Crippen LogP contribution is 2.25. The Morgan fingerprint density at radius 3 is 2.63 bits per heavy atom. The van der Waals surface area contributed by atoms with Crippen LogP contribution < -0.4 is 10.3 Å². The fourth-order valence-corrected chi connectivity index (χ4v) is 4.57. The molecule has 4 aromatic rings. The number of piperidine rings is 1. The van der Waals surface area contributed by atoms with Gasteiger partial charge in [0.25, 0.3) is 11.5 Å². The van der Waals surface area contributed by atoms with Gasteiger partial charge in [-0.05, 0) is 49.2 Å². The smallest absolute Gasteiger partial charge is 0.264 e. The molecular formula is C27H28FN5O5. The quantitative estimate of drug-likeness (QED) is 0.355. The molecule has 11 heteroatoms. The number of benzene rings is 2. The Kier molecular flexibility index (Phi) is 7.21. The molecule has 10 nitrogen and oxygen atoms in total. The average molecular weight is 522 g/mol. The molecule has 1 amide bonds. The van der Waals surface area contributed by atoms with E-state index < -0.39 is 11.4 Å². The van der Waals surface area contributed by atoms with Gasteiger partial charge in [-0.2, -0.15) is 5.10 Å². The standard InChI is InChI=1S/C27H28FN5O5/c1-37-13-14-38-22-4-2-3-21(15-22)33-24-23(16-30-33)26(35)32(18-29-24)17-27(36)9-11-31(12-10-27)25(34)19-5-7-20(28)8-6-19/h2-8,15-16,18,36H,9-14,17H2,1H3. The zero-order chi connectivity index (χ0) is 26.7. The molecule has 1 N–H and O–H groups in total. The van der Waals surface area contributed by atoms with E-state index in [4.69, 9.17) is 9.47 Å². The monoisotopic (exact) mass is 521 g/mol. The van der Waals surface area contributed by atoms with Crippen LogP contribution in [0.15, 0.2) is 65.8 Å². The molecule has 0 aliphatic carbocycles. The minimum Gasteiger partial charge on any atom is -0.491 e. The van der Waals surface area contributed by atoms with Gasteiger partial charge in [-0.3, -0.25) is 14.2 Å². The lowest BCUT2D eigenvalue weighted by Gasteiger charge is -2.38. The summed E-state index contributed by atoms with van der Waals surface area (Å²) in [5.41, 5.74) is -0.00927. The van der Waals surface area contributed by atoms with Crippen molar-refractivity contribution in [1.82, 2.24) is 24.2 Å². The van der Waals surface area contributed by atoms with Gasteiger partial charge in [0, 0.05) is 31.8 Å². The highest BCUT2D eigenvalue weighted by atomic mass is 19.1. The summed E-state index contributed by atoms with van der Waals surface area (Å²) >= 11 is 0. The van der Waals surface area contributed by atoms with E-state index in [1.54, 1.807) is 22.8 Å². The van der Waals surface area contributed by atoms with Crippen LogP contribution >= 0.6 is 0 Å². The molecule has 198 valence electrons. The Balaban J connectivity index is 1.29. The molecule has 0 radical (unpaired) electrons. The van der Waals surface area contributed by atoms with E-state index >= 15 is 0 Å². The molecule has 38 heavy (non-hydrogen) atoms. The zero-order valence-electron chi connectivity index (χ0n) is 20.9. The van der Waals surface area contributed by atoms with Crippen LogP contribution in [0.5, 0.6) is 5.75 Å². The van der Waals surface area contributed by atoms with Crippen molar-refractivity contribution < 1.29 is 23.8 Å². The lowest BCUT2D eigenvalue weighted by atomic mass is 9.91. The van der Waals surface area contributed by atoms with Gasteiger partial charge in [0.15, 0.2) is 5.65 Å². The summed E-state index contributed by atoms with van der Waals surface area (Å²) in [6.45, 7) is 1.55. The lowest BCUT2D eigenvalue weighted by Crippen LogP contribution is -2.49. The molecule has 0 atom stereocenters. The molecule has 1 fully saturated rings. The van der Waals surface area contributed by atoms with Gasteiger partial charge < -0.3 is 19.5 Å². The van der Waals surface area contributed by atoms with Gasteiger partial charge in [0.1, 0.15) is 29.9 Å². The SMILES string of the molecule is COCCOc1cccc(-n2ncc3c(=O)n(CC4(O)CCN(C(=O)c5ccc(F)cc5)CC4)cnc32)c1. The molecular weight excluding hydrogens is 493 g/mol. The Morgan fingerprint density at radius 1 is 1.13 bits per heavy atom. The van der Waals surface area contributed by atoms with Crippen molar-refractivity contribution in [2.45, 2.75) is 25.0 Å². The lowest BCUT2D eigenvalue weighted by molar-refractivity contribution is -0.0299. The third kappa shape index (κ3) is 5.29. The summed E-state index contributed by atoms with van der Waals surface area (Å²) in [5, 5.41) is 15.9. The van der Waals surface area contributed by atoms with Crippen molar-refractivity contribution in [3.05, 3.63) is 82.8 Å². The van der Waals surface area contributed by atoms with Crippen LogP contribution in [-0.4, -0.2) is 74.3 Å². The first-order chi connectivity index (χ1) is 18.4. The van der Waals surface area contributed by atoms with E-state index in [2.05, 4.69) is 10.1 Å². The van der Waals surface area contributed by atoms with Crippen molar-refractivity contribution in [3.63, 3.8) is 0 Å². The normalized spacial score (nSPS) is 15.1. The van der Waals surface area contributed by atoms with Crippen molar-refractivity contribution in [1.29, 1.82) is 0 Å². The number of hydrogen-bond donors (Lipinski definition) is 1. The van der Waals surface area contributed by atoms with Crippen molar-refractivity contribution >= 4 is 16.9 Å². The third-order valence-electron chi connectivity index (χ3n) is 6.71. The predicted molar refractivity (Wildman–Crippen MR) is 137 cm³/mol. The highest BCUT2D eigenvalue weighted by molar-refractivity contribution is 5.94. The minimum absolute atomic E-state index is 0.0430. The number of carbonyl (C=O) groups excluding carboxylic acids is 1. The van der Waals surface area contributed by atoms with Crippen LogP contribution in [0.2, 0.25) is 0 Å². The van der Waals surface area contributed by atoms with Crippen molar-refractivity contribution in [2.24, 2.45) is 0 Å². The predicted octanol–water partition coefficient (Wildman–Crippen LogP) is 2.41. The average Bonchev–Trinajstić information content (AvgIpc) is 3.36. The second-order valence-electron chi connectivity index (χ2n) is 9.33. The van der Waals surface area contributed by atoms with E-state index in [9.17, 15) is 19.1 Å². The largest absolute Gasteiger partial charge is 0.491 e. The van der Waals surface area contributed by atoms with Crippen LogP contribution in [0.3, 0.4) is 0 Å². The molecule has 0 saturated carbocycles. The number of nitrogens with zero attached hydrogens (tertiary/aromatic N) is 5. The number of amides is 1. The summed E-state index contributed by atoms with van der Waals surface area (Å²) in [6.07, 6.45) is 3.46. The zero-order valence-corrected chi connectivity index (χ0v) is 20.9. The number of aromatic nitrogens is 4. The molecule has 1 aliphatic heterocycles. The number of rotatable bonds is 8. The molecule has 1 aliphatic rings. The number of likely N-dealkylation sites (tertiary alicyclic amines) is 1. The third-order valence-corrected chi connectivity index (χ3v) is 6.71. The van der Waals surface area contributed by atoms with Crippen molar-refractivity contribution in [3.8, 4) is 11.4 Å². The van der Waals surface area contributed by atoms with E-state index in [0.29, 0.717) is 67.2 Å². The first-order valence-corrected chi connectivity index (χ1v) is 12.3. The molecule has 0 spiro atoms. The number of hydrogen-bond acceptors (Lipinski definition) is 7. The Morgan fingerprint density at radius 2 is 1.89 bits per heavy atom. The number of methoxy groups -OCH3 is 1. The minimum atomic E-state index is -1.18. The van der Waals surface area contributed by atoms with Gasteiger partial charge in [0.2, 0.25) is 0 Å². The highest BCUT2D eigenvalue weighted by Gasteiger charge is 2.35. The van der Waals surface area contributed by atoms with Crippen LogP contribution in [0, 0.1) is 5.82 Å². The Hall–Kier alpha value is -4.09. The van der Waals surface area contributed by atoms with Crippen LogP contribution in [0.25, 0.3) is 16.7 Å². The second kappa shape index (κ2) is 10.7. The molecule has 0 unspecified atom stereocenters. The first kappa shape index (κ1) is 25.6. The van der Waals surface area contributed by atoms with Gasteiger partial charge in [0.05, 0.1) is 30.6 Å². The molecule has 5 rings (SSSR count). The fourth-order valence-electron chi connectivity index (χ4n) is 4.57. The summed E-state index contributed by atoms with van der Waals surface area (Å²) in [5.74, 6) is 0.0208. The van der Waals surface area contributed by atoms with Gasteiger partial charge in [-0.15, -0.1) is 0 Å². The Bertz CT molecular complexity index is 1490. The summed E-state index contributed by atoms with van der Waals surface area (Å²) in [7, 11) is 1.60. The molecule has 2 aromatic heterocycles. The summed E-state index contributed by atoms with van der Waals surface area (Å²) < 4.78 is 26.8. The van der Waals surface area contributed by atoms with E-state index in [1.807, 2.05) is 18.2 Å². The maximum Gasteiger partial charge on any atom is 0.264 e. The van der Waals surface area contributed by atoms with Gasteiger partial charge in [-0.1, -0.05) is 6.07 Å². The molecule has 1 saturated heterocycles. The Labute approximate surface area is 217 Å². The molecule has 0 bridgehead atoms. The topological polar surface area (TPSA) is 112 Å².